The topological polar surface area (TPSA) is 0 Å². The molecule has 0 heteroatoms. The van der Waals surface area contributed by atoms with Crippen LogP contribution in [0.3, 0.4) is 0 Å². The van der Waals surface area contributed by atoms with Gasteiger partial charge in [0, 0.05) is 0 Å². The van der Waals surface area contributed by atoms with Gasteiger partial charge in [0.2, 0.25) is 0 Å². The first kappa shape index (κ1) is 49.5. The SMILES string of the molecule is C.C.C1=CCCC1.C=C.C=C.CC=CC.CCC.CCC.CCC. The monoisotopic (exact) mass is 344 g/mol. The minimum absolute atomic E-state index is 0. The Morgan fingerprint density at radius 3 is 0.833 bits per heavy atom. The maximum Gasteiger partial charge on any atom is -0.0348 e. The van der Waals surface area contributed by atoms with Crippen LogP contribution in [0.4, 0.5) is 0 Å². The molecule has 0 heterocycles. The minimum Gasteiger partial charge on any atom is -0.106 e. The van der Waals surface area contributed by atoms with E-state index >= 15 is 0 Å². The Kier molecular flexibility index (Phi) is 248. The Bertz CT molecular complexity index is 125. The average Bonchev–Trinajstić information content (AvgIpc) is 3.13. The third-order valence-corrected chi connectivity index (χ3v) is 1.24. The van der Waals surface area contributed by atoms with Crippen LogP contribution < -0.4 is 0 Å². The van der Waals surface area contributed by atoms with E-state index in [1.165, 1.54) is 38.5 Å². The Morgan fingerprint density at radius 2 is 0.792 bits per heavy atom. The van der Waals surface area contributed by atoms with Gasteiger partial charge in [0.05, 0.1) is 0 Å². The van der Waals surface area contributed by atoms with Crippen molar-refractivity contribution in [3.8, 4) is 0 Å². The molecule has 0 aromatic carbocycles. The summed E-state index contributed by atoms with van der Waals surface area (Å²) in [6.45, 7) is 28.8. The quantitative estimate of drug-likeness (QED) is 0.383. The van der Waals surface area contributed by atoms with Gasteiger partial charge in [0.25, 0.3) is 0 Å². The molecule has 0 saturated heterocycles. The highest BCUT2D eigenvalue weighted by Gasteiger charge is 1.84. The van der Waals surface area contributed by atoms with Crippen LogP contribution in [-0.2, 0) is 0 Å². The van der Waals surface area contributed by atoms with Crippen LogP contribution in [0.25, 0.3) is 0 Å². The first-order valence-corrected chi connectivity index (χ1v) is 8.88. The third-order valence-electron chi connectivity index (χ3n) is 1.24. The van der Waals surface area contributed by atoms with Gasteiger partial charge in [-0.1, -0.05) is 100.0 Å². The number of hydrogen-bond donors (Lipinski definition) is 0. The van der Waals surface area contributed by atoms with E-state index in [9.17, 15) is 0 Å². The minimum atomic E-state index is 0. The van der Waals surface area contributed by atoms with E-state index in [4.69, 9.17) is 0 Å². The summed E-state index contributed by atoms with van der Waals surface area (Å²) in [5.41, 5.74) is 0. The zero-order valence-corrected chi connectivity index (χ0v) is 17.4. The summed E-state index contributed by atoms with van der Waals surface area (Å²) in [7, 11) is 0. The molecule has 0 nitrogen and oxygen atoms in total. The Morgan fingerprint density at radius 1 is 0.625 bits per heavy atom. The zero-order valence-electron chi connectivity index (χ0n) is 17.4. The molecular formula is C24H56. The van der Waals surface area contributed by atoms with E-state index < -0.39 is 0 Å². The largest absolute Gasteiger partial charge is 0.106 e. The summed E-state index contributed by atoms with van der Waals surface area (Å²) in [6, 6.07) is 0. The lowest BCUT2D eigenvalue weighted by molar-refractivity contribution is 0.929. The van der Waals surface area contributed by atoms with Gasteiger partial charge in [-0.05, 0) is 33.1 Å². The Balaban J connectivity index is -0.0000000211. The van der Waals surface area contributed by atoms with Crippen molar-refractivity contribution in [3.05, 3.63) is 50.6 Å². The van der Waals surface area contributed by atoms with Crippen molar-refractivity contribution in [3.63, 3.8) is 0 Å². The van der Waals surface area contributed by atoms with E-state index in [0.29, 0.717) is 0 Å². The van der Waals surface area contributed by atoms with Gasteiger partial charge in [-0.25, -0.2) is 0 Å². The molecule has 0 aliphatic heterocycles. The van der Waals surface area contributed by atoms with Crippen molar-refractivity contribution < 1.29 is 0 Å². The van der Waals surface area contributed by atoms with Crippen molar-refractivity contribution in [2.75, 3.05) is 0 Å². The molecule has 1 aliphatic rings. The number of rotatable bonds is 0. The second kappa shape index (κ2) is 120. The lowest BCUT2D eigenvalue weighted by atomic mass is 10.4. The zero-order chi connectivity index (χ0) is 19.1. The first-order valence-electron chi connectivity index (χ1n) is 8.88. The lowest BCUT2D eigenvalue weighted by Crippen LogP contribution is -1.50. The Hall–Kier alpha value is -1.04. The van der Waals surface area contributed by atoms with Crippen LogP contribution in [0, 0.1) is 0 Å². The highest BCUT2D eigenvalue weighted by Crippen LogP contribution is 2.05. The second-order valence-electron chi connectivity index (χ2n) is 4.19. The predicted octanol–water partition coefficient (Wildman–Crippen LogP) is 10.4. The molecule has 1 rings (SSSR count). The van der Waals surface area contributed by atoms with Crippen molar-refractivity contribution in [2.45, 2.75) is 109 Å². The van der Waals surface area contributed by atoms with E-state index in [0.717, 1.165) is 0 Å². The molecule has 0 bridgehead atoms. The third kappa shape index (κ3) is 339. The van der Waals surface area contributed by atoms with Crippen molar-refractivity contribution in [1.82, 2.24) is 0 Å². The van der Waals surface area contributed by atoms with Gasteiger partial charge in [-0.3, -0.25) is 0 Å². The standard InChI is InChI=1S/C5H8.C4H8.3C3H8.2C2H4.2CH4/c1-2-4-5-3-1;1-3-4-2;3*1-3-2;2*1-2;;/h1-2H,3-5H2;3-4H,1-2H3;3*3H2,1-2H3;2*1-2H2;2*1H4. The molecule has 0 N–H and O–H groups in total. The van der Waals surface area contributed by atoms with E-state index in [2.05, 4.69) is 80.0 Å². The summed E-state index contributed by atoms with van der Waals surface area (Å²) in [6.07, 6.45) is 16.2. The van der Waals surface area contributed by atoms with Gasteiger partial charge in [0.15, 0.2) is 0 Å². The Labute approximate surface area is 159 Å². The fraction of sp³-hybridized carbons (Fsp3) is 0.667. The van der Waals surface area contributed by atoms with Crippen LogP contribution in [-0.4, -0.2) is 0 Å². The van der Waals surface area contributed by atoms with Crippen molar-refractivity contribution in [2.24, 2.45) is 0 Å². The van der Waals surface area contributed by atoms with E-state index in [1.807, 2.05) is 26.0 Å². The summed E-state index contributed by atoms with van der Waals surface area (Å²) in [5, 5.41) is 0. The summed E-state index contributed by atoms with van der Waals surface area (Å²) in [4.78, 5) is 0. The molecule has 0 unspecified atom stereocenters. The van der Waals surface area contributed by atoms with Crippen LogP contribution in [0.15, 0.2) is 50.6 Å². The summed E-state index contributed by atoms with van der Waals surface area (Å²) >= 11 is 0. The van der Waals surface area contributed by atoms with Gasteiger partial charge in [0.1, 0.15) is 0 Å². The summed E-state index contributed by atoms with van der Waals surface area (Å²) in [5.74, 6) is 0. The van der Waals surface area contributed by atoms with Crippen LogP contribution >= 0.6 is 0 Å². The van der Waals surface area contributed by atoms with Crippen LogP contribution in [0.5, 0.6) is 0 Å². The molecule has 24 heavy (non-hydrogen) atoms. The first-order chi connectivity index (χ1) is 10.7. The maximum atomic E-state index is 3.00. The van der Waals surface area contributed by atoms with Gasteiger partial charge < -0.3 is 0 Å². The van der Waals surface area contributed by atoms with Crippen LogP contribution in [0.2, 0.25) is 0 Å². The van der Waals surface area contributed by atoms with Gasteiger partial charge in [-0.15, -0.1) is 26.3 Å². The summed E-state index contributed by atoms with van der Waals surface area (Å²) < 4.78 is 0. The highest BCUT2D eigenvalue weighted by atomic mass is 13.9. The fourth-order valence-corrected chi connectivity index (χ4v) is 0.589. The van der Waals surface area contributed by atoms with Crippen molar-refractivity contribution >= 4 is 0 Å². The predicted molar refractivity (Wildman–Crippen MR) is 127 cm³/mol. The fourth-order valence-electron chi connectivity index (χ4n) is 0.589. The molecule has 0 atom stereocenters. The van der Waals surface area contributed by atoms with Crippen molar-refractivity contribution in [1.29, 1.82) is 0 Å². The molecule has 0 aromatic rings. The molecule has 0 spiro atoms. The van der Waals surface area contributed by atoms with E-state index in [1.54, 1.807) is 0 Å². The van der Waals surface area contributed by atoms with Gasteiger partial charge >= 0.3 is 0 Å². The lowest BCUT2D eigenvalue weighted by Gasteiger charge is -1.69. The molecular weight excluding hydrogens is 288 g/mol. The average molecular weight is 345 g/mol. The van der Waals surface area contributed by atoms with Gasteiger partial charge in [-0.2, -0.15) is 0 Å². The smallest absolute Gasteiger partial charge is 0.0348 e. The molecule has 0 fully saturated rings. The molecule has 0 saturated carbocycles. The normalized spacial score (nSPS) is 8.50. The molecule has 0 aromatic heterocycles. The highest BCUT2D eigenvalue weighted by molar-refractivity contribution is 4.88. The molecule has 1 aliphatic carbocycles. The maximum absolute atomic E-state index is 3.00. The molecule has 0 radical (unpaired) electrons. The van der Waals surface area contributed by atoms with Crippen LogP contribution in [0.1, 0.15) is 109 Å². The molecule has 0 amide bonds. The number of allylic oxidation sites excluding steroid dienone is 4. The second-order valence-corrected chi connectivity index (χ2v) is 4.19. The number of hydrogen-bond acceptors (Lipinski definition) is 0. The van der Waals surface area contributed by atoms with E-state index in [-0.39, 0.29) is 14.9 Å². The molecule has 152 valence electrons.